The first-order valence-electron chi connectivity index (χ1n) is 20.0. The van der Waals surface area contributed by atoms with E-state index in [2.05, 4.69) is 50.9 Å². The third kappa shape index (κ3) is 7.02. The topological polar surface area (TPSA) is 188 Å². The van der Waals surface area contributed by atoms with Crippen LogP contribution in [0.25, 0.3) is 54.9 Å². The molecule has 0 spiro atoms. The first kappa shape index (κ1) is 38.6. The second kappa shape index (κ2) is 15.6. The number of aromatic amines is 2. The number of nitrogens with zero attached hydrogens (tertiary/aromatic N) is 5. The minimum absolute atomic E-state index is 0.117. The first-order valence-corrected chi connectivity index (χ1v) is 20.0. The van der Waals surface area contributed by atoms with E-state index in [1.54, 1.807) is 0 Å². The number of benzene rings is 3. The van der Waals surface area contributed by atoms with Gasteiger partial charge in [0.2, 0.25) is 11.8 Å². The van der Waals surface area contributed by atoms with Crippen molar-refractivity contribution >= 4 is 67.7 Å². The zero-order valence-corrected chi connectivity index (χ0v) is 33.6. The number of alkyl carbamates (subject to hydrolysis) is 2. The summed E-state index contributed by atoms with van der Waals surface area (Å²) in [6.45, 7) is 8.76. The number of hydrogen-bond acceptors (Lipinski definition) is 9. The number of ether oxygens (including phenoxy) is 2. The number of aromatic nitrogens is 5. The van der Waals surface area contributed by atoms with E-state index >= 15 is 0 Å². The molecule has 3 aromatic heterocycles. The van der Waals surface area contributed by atoms with Crippen LogP contribution in [0, 0.1) is 11.8 Å². The Labute approximate surface area is 335 Å². The molecule has 15 nitrogen and oxygen atoms in total. The molecular formula is C43H49N9O6. The molecule has 0 bridgehead atoms. The molecule has 2 unspecified atom stereocenters. The highest BCUT2D eigenvalue weighted by atomic mass is 16.5. The van der Waals surface area contributed by atoms with Gasteiger partial charge >= 0.3 is 12.2 Å². The summed E-state index contributed by atoms with van der Waals surface area (Å²) in [7, 11) is 2.58. The van der Waals surface area contributed by atoms with Crippen molar-refractivity contribution in [2.45, 2.75) is 77.5 Å². The third-order valence-corrected chi connectivity index (χ3v) is 11.6. The first-order chi connectivity index (χ1) is 27.9. The third-order valence-electron chi connectivity index (χ3n) is 11.6. The number of amides is 4. The molecule has 8 rings (SSSR count). The number of methoxy groups -OCH3 is 2. The summed E-state index contributed by atoms with van der Waals surface area (Å²) in [4.78, 5) is 77.0. The molecule has 4 atom stereocenters. The van der Waals surface area contributed by atoms with Crippen LogP contribution in [0.2, 0.25) is 0 Å². The largest absolute Gasteiger partial charge is 0.453 e. The Morgan fingerprint density at radius 2 is 1.19 bits per heavy atom. The predicted molar refractivity (Wildman–Crippen MR) is 220 cm³/mol. The van der Waals surface area contributed by atoms with Crippen LogP contribution in [0.15, 0.2) is 54.7 Å². The Kier molecular flexibility index (Phi) is 10.4. The summed E-state index contributed by atoms with van der Waals surface area (Å²) in [5.41, 5.74) is 6.03. The summed E-state index contributed by atoms with van der Waals surface area (Å²) < 4.78 is 9.57. The lowest BCUT2D eigenvalue weighted by Gasteiger charge is -2.29. The van der Waals surface area contributed by atoms with Gasteiger partial charge in [-0.2, -0.15) is 0 Å². The average Bonchev–Trinajstić information content (AvgIpc) is 4.06. The number of H-pyrrole nitrogens is 2. The fourth-order valence-corrected chi connectivity index (χ4v) is 8.55. The number of fused-ring (bicyclic) bond motifs is 6. The number of pyridine rings is 1. The lowest BCUT2D eigenvalue weighted by molar-refractivity contribution is -0.136. The molecule has 2 saturated heterocycles. The van der Waals surface area contributed by atoms with E-state index in [9.17, 15) is 19.2 Å². The van der Waals surface area contributed by atoms with E-state index < -0.39 is 24.3 Å². The minimum atomic E-state index is -0.710. The number of imidazole rings is 2. The number of carbonyl (C=O) groups is 4. The quantitative estimate of drug-likeness (QED) is 0.121. The molecule has 15 heteroatoms. The minimum Gasteiger partial charge on any atom is -0.453 e. The Hall–Kier alpha value is -6.25. The molecule has 0 aliphatic carbocycles. The average molecular weight is 788 g/mol. The van der Waals surface area contributed by atoms with Crippen LogP contribution in [0.3, 0.4) is 0 Å². The number of hydrogen-bond donors (Lipinski definition) is 4. The van der Waals surface area contributed by atoms with Crippen molar-refractivity contribution in [1.29, 1.82) is 0 Å². The molecule has 3 aromatic carbocycles. The van der Waals surface area contributed by atoms with E-state index in [0.717, 1.165) is 86.4 Å². The van der Waals surface area contributed by atoms with Gasteiger partial charge in [0.25, 0.3) is 0 Å². The normalized spacial score (nSPS) is 18.1. The van der Waals surface area contributed by atoms with Crippen molar-refractivity contribution < 1.29 is 28.7 Å². The van der Waals surface area contributed by atoms with Gasteiger partial charge in [0.15, 0.2) is 0 Å². The van der Waals surface area contributed by atoms with Crippen LogP contribution in [0.1, 0.15) is 77.1 Å². The summed E-state index contributed by atoms with van der Waals surface area (Å²) in [5, 5.41) is 8.37. The van der Waals surface area contributed by atoms with Crippen LogP contribution < -0.4 is 10.6 Å². The maximum Gasteiger partial charge on any atom is 0.407 e. The van der Waals surface area contributed by atoms with Gasteiger partial charge < -0.3 is 39.9 Å². The molecule has 2 fully saturated rings. The van der Waals surface area contributed by atoms with Crippen molar-refractivity contribution in [3.8, 4) is 11.1 Å². The molecule has 0 saturated carbocycles. The molecular weight excluding hydrogens is 739 g/mol. The number of likely N-dealkylation sites (tertiary alicyclic amines) is 2. The van der Waals surface area contributed by atoms with Crippen LogP contribution in [0.4, 0.5) is 9.59 Å². The van der Waals surface area contributed by atoms with Crippen molar-refractivity contribution in [3.05, 3.63) is 66.4 Å². The van der Waals surface area contributed by atoms with Crippen molar-refractivity contribution in [2.24, 2.45) is 11.8 Å². The smallest absolute Gasteiger partial charge is 0.407 e. The second-order valence-electron chi connectivity index (χ2n) is 16.0. The van der Waals surface area contributed by atoms with E-state index in [0.29, 0.717) is 18.9 Å². The standard InChI is InChI=1S/C43H49N9O6/c1-22(2)33(49-42(55)57-5)40(53)51-17-7-9-31(51)38-45-29-15-12-25-19-24(11-14-28(25)36(29)47-38)27-20-26-13-16-30-37(35(26)44-21-27)48-39(46-30)32-10-8-18-52(32)41(54)34(23(3)4)50-43(56)58-6/h11-16,19-23,31-34H,7-10,17-18H2,1-6H3,(H,45,47)(H,46,48)(H,49,55)(H,50,56)/t31-,32?,33?,34-/m0/s1. The monoisotopic (exact) mass is 787 g/mol. The van der Waals surface area contributed by atoms with Gasteiger partial charge in [-0.25, -0.2) is 19.6 Å². The number of nitrogens with one attached hydrogen (secondary N) is 4. The number of carbonyl (C=O) groups excluding carboxylic acids is 4. The lowest BCUT2D eigenvalue weighted by Crippen LogP contribution is -2.51. The summed E-state index contributed by atoms with van der Waals surface area (Å²) >= 11 is 0. The molecule has 58 heavy (non-hydrogen) atoms. The van der Waals surface area contributed by atoms with Gasteiger partial charge in [-0.15, -0.1) is 0 Å². The van der Waals surface area contributed by atoms with Gasteiger partial charge in [-0.3, -0.25) is 14.6 Å². The van der Waals surface area contributed by atoms with Crippen LogP contribution in [0.5, 0.6) is 0 Å². The Morgan fingerprint density at radius 3 is 1.74 bits per heavy atom. The van der Waals surface area contributed by atoms with E-state index in [1.165, 1.54) is 14.2 Å². The Balaban J connectivity index is 1.05. The van der Waals surface area contributed by atoms with Crippen molar-refractivity contribution in [1.82, 2.24) is 45.4 Å². The fourth-order valence-electron chi connectivity index (χ4n) is 8.55. The van der Waals surface area contributed by atoms with Crippen molar-refractivity contribution in [3.63, 3.8) is 0 Å². The van der Waals surface area contributed by atoms with Crippen LogP contribution >= 0.6 is 0 Å². The Bertz CT molecular complexity index is 2390. The summed E-state index contributed by atoms with van der Waals surface area (Å²) in [6.07, 6.45) is 3.79. The lowest BCUT2D eigenvalue weighted by atomic mass is 10.0. The number of rotatable bonds is 9. The maximum atomic E-state index is 13.7. The molecule has 5 heterocycles. The van der Waals surface area contributed by atoms with Crippen LogP contribution in [-0.2, 0) is 19.1 Å². The highest BCUT2D eigenvalue weighted by Gasteiger charge is 2.39. The molecule has 0 radical (unpaired) electrons. The molecule has 2 aliphatic rings. The zero-order chi connectivity index (χ0) is 40.8. The van der Waals surface area contributed by atoms with Gasteiger partial charge in [0.1, 0.15) is 29.2 Å². The molecule has 4 amide bonds. The Morgan fingerprint density at radius 1 is 0.672 bits per heavy atom. The molecule has 2 aliphatic heterocycles. The van der Waals surface area contributed by atoms with Gasteiger partial charge in [-0.1, -0.05) is 52.0 Å². The van der Waals surface area contributed by atoms with E-state index in [-0.39, 0.29) is 35.7 Å². The predicted octanol–water partition coefficient (Wildman–Crippen LogP) is 6.90. The SMILES string of the molecule is COC(=O)NC(C(=O)N1CCC[C@H]1c1nc2c(ccc3cc(-c4cnc5c(ccc6[nH]c(C7CCCN7C(=O)[C@@H](NC(=O)OC)C(C)C)nc65)c4)ccc32)[nH]1)C(C)C. The molecule has 302 valence electrons. The molecule has 4 N–H and O–H groups in total. The van der Waals surface area contributed by atoms with Crippen molar-refractivity contribution in [2.75, 3.05) is 27.3 Å². The summed E-state index contributed by atoms with van der Waals surface area (Å²) in [5.74, 6) is 0.888. The molecule has 6 aromatic rings. The zero-order valence-electron chi connectivity index (χ0n) is 33.6. The van der Waals surface area contributed by atoms with Crippen LogP contribution in [-0.4, -0.2) is 98.1 Å². The van der Waals surface area contributed by atoms with E-state index in [4.69, 9.17) is 24.4 Å². The second-order valence-corrected chi connectivity index (χ2v) is 16.0. The highest BCUT2D eigenvalue weighted by Crippen LogP contribution is 2.37. The van der Waals surface area contributed by atoms with E-state index in [1.807, 2.05) is 61.9 Å². The highest BCUT2D eigenvalue weighted by molar-refractivity contribution is 6.06. The maximum absolute atomic E-state index is 13.7. The fraction of sp³-hybridized carbons (Fsp3) is 0.419. The van der Waals surface area contributed by atoms with Gasteiger partial charge in [0, 0.05) is 35.6 Å². The van der Waals surface area contributed by atoms with Gasteiger partial charge in [0.05, 0.1) is 48.4 Å². The summed E-state index contributed by atoms with van der Waals surface area (Å²) in [6, 6.07) is 14.6. The van der Waals surface area contributed by atoms with Gasteiger partial charge in [-0.05, 0) is 72.7 Å².